The third-order valence-corrected chi connectivity index (χ3v) is 5.14. The largest absolute Gasteiger partial charge is 0.0850 e. The minimum absolute atomic E-state index is 0.589. The Labute approximate surface area is 102 Å². The number of allylic oxidation sites excluding steroid dienone is 2. The Morgan fingerprint density at radius 1 is 1.31 bits per heavy atom. The van der Waals surface area contributed by atoms with E-state index < -0.39 is 0 Å². The second kappa shape index (κ2) is 4.20. The molecule has 0 N–H and O–H groups in total. The van der Waals surface area contributed by atoms with E-state index in [0.717, 1.165) is 23.7 Å². The van der Waals surface area contributed by atoms with Gasteiger partial charge < -0.3 is 0 Å². The summed E-state index contributed by atoms with van der Waals surface area (Å²) in [6, 6.07) is 0. The van der Waals surface area contributed by atoms with E-state index in [1.807, 2.05) is 0 Å². The van der Waals surface area contributed by atoms with Gasteiger partial charge in [0.1, 0.15) is 0 Å². The molecule has 1 fully saturated rings. The lowest BCUT2D eigenvalue weighted by Crippen LogP contribution is -2.38. The van der Waals surface area contributed by atoms with E-state index in [1.54, 1.807) is 5.57 Å². The molecule has 2 aliphatic rings. The lowest BCUT2D eigenvalue weighted by atomic mass is 9.57. The van der Waals surface area contributed by atoms with Crippen molar-refractivity contribution in [1.29, 1.82) is 0 Å². The van der Waals surface area contributed by atoms with E-state index in [1.165, 1.54) is 25.7 Å². The zero-order valence-electron chi connectivity index (χ0n) is 11.7. The molecule has 0 heteroatoms. The first-order valence-electron chi connectivity index (χ1n) is 7.07. The zero-order chi connectivity index (χ0) is 11.9. The van der Waals surface area contributed by atoms with Crippen molar-refractivity contribution in [3.8, 4) is 0 Å². The molecule has 2 aliphatic carbocycles. The van der Waals surface area contributed by atoms with Crippen molar-refractivity contribution in [1.82, 2.24) is 0 Å². The van der Waals surface area contributed by atoms with Gasteiger partial charge in [-0.25, -0.2) is 0 Å². The third kappa shape index (κ3) is 2.21. The Morgan fingerprint density at radius 3 is 2.62 bits per heavy atom. The van der Waals surface area contributed by atoms with E-state index in [9.17, 15) is 0 Å². The SMILES string of the molecule is CC1=CC[C@@H](C(C)C)[C@@H]2CC(C)(C)CC[C@@H]12. The van der Waals surface area contributed by atoms with Gasteiger partial charge in [-0.15, -0.1) is 0 Å². The van der Waals surface area contributed by atoms with Crippen LogP contribution in [0.4, 0.5) is 0 Å². The van der Waals surface area contributed by atoms with Crippen LogP contribution in [0, 0.1) is 29.1 Å². The minimum atomic E-state index is 0.589. The molecular weight excluding hydrogens is 192 g/mol. The summed E-state index contributed by atoms with van der Waals surface area (Å²) in [5.41, 5.74) is 2.28. The molecule has 0 aromatic rings. The molecular formula is C16H28. The number of rotatable bonds is 1. The summed E-state index contributed by atoms with van der Waals surface area (Å²) in [4.78, 5) is 0. The molecule has 16 heavy (non-hydrogen) atoms. The number of fused-ring (bicyclic) bond motifs is 1. The lowest BCUT2D eigenvalue weighted by molar-refractivity contribution is 0.0639. The van der Waals surface area contributed by atoms with E-state index in [-0.39, 0.29) is 0 Å². The van der Waals surface area contributed by atoms with Gasteiger partial charge >= 0.3 is 0 Å². The molecule has 0 aromatic heterocycles. The first-order chi connectivity index (χ1) is 7.41. The highest BCUT2D eigenvalue weighted by Crippen LogP contribution is 2.51. The van der Waals surface area contributed by atoms with Crippen LogP contribution in [0.25, 0.3) is 0 Å². The Hall–Kier alpha value is -0.260. The highest BCUT2D eigenvalue weighted by Gasteiger charge is 2.41. The molecule has 2 rings (SSSR count). The summed E-state index contributed by atoms with van der Waals surface area (Å²) < 4.78 is 0. The highest BCUT2D eigenvalue weighted by molar-refractivity contribution is 5.13. The summed E-state index contributed by atoms with van der Waals surface area (Å²) in [5.74, 6) is 3.67. The Balaban J connectivity index is 2.22. The van der Waals surface area contributed by atoms with Crippen LogP contribution >= 0.6 is 0 Å². The molecule has 0 aromatic carbocycles. The monoisotopic (exact) mass is 220 g/mol. The maximum Gasteiger partial charge on any atom is -0.0174 e. The minimum Gasteiger partial charge on any atom is -0.0850 e. The predicted octanol–water partition coefficient (Wildman–Crippen LogP) is 5.05. The second-order valence-electron chi connectivity index (χ2n) is 7.27. The second-order valence-corrected chi connectivity index (χ2v) is 7.27. The van der Waals surface area contributed by atoms with Crippen LogP contribution in [0.3, 0.4) is 0 Å². The van der Waals surface area contributed by atoms with Gasteiger partial charge in [0.25, 0.3) is 0 Å². The normalized spacial score (nSPS) is 38.1. The molecule has 0 unspecified atom stereocenters. The maximum absolute atomic E-state index is 2.53. The first kappa shape index (κ1) is 12.2. The number of hydrogen-bond acceptors (Lipinski definition) is 0. The van der Waals surface area contributed by atoms with Crippen molar-refractivity contribution in [2.24, 2.45) is 29.1 Å². The molecule has 0 saturated heterocycles. The van der Waals surface area contributed by atoms with Crippen LogP contribution in [-0.2, 0) is 0 Å². The van der Waals surface area contributed by atoms with Gasteiger partial charge in [0.2, 0.25) is 0 Å². The van der Waals surface area contributed by atoms with Crippen molar-refractivity contribution in [3.63, 3.8) is 0 Å². The van der Waals surface area contributed by atoms with Gasteiger partial charge in [-0.05, 0) is 61.7 Å². The van der Waals surface area contributed by atoms with Gasteiger partial charge in [-0.2, -0.15) is 0 Å². The van der Waals surface area contributed by atoms with Crippen molar-refractivity contribution in [3.05, 3.63) is 11.6 Å². The van der Waals surface area contributed by atoms with Crippen molar-refractivity contribution in [2.75, 3.05) is 0 Å². The van der Waals surface area contributed by atoms with Crippen LogP contribution < -0.4 is 0 Å². The van der Waals surface area contributed by atoms with Gasteiger partial charge in [0.15, 0.2) is 0 Å². The molecule has 0 bridgehead atoms. The lowest BCUT2D eigenvalue weighted by Gasteiger charge is -2.48. The summed E-state index contributed by atoms with van der Waals surface area (Å²) in [6.07, 6.45) is 8.17. The summed E-state index contributed by atoms with van der Waals surface area (Å²) >= 11 is 0. The first-order valence-corrected chi connectivity index (χ1v) is 7.07. The van der Waals surface area contributed by atoms with Gasteiger partial charge in [-0.1, -0.05) is 39.3 Å². The molecule has 0 heterocycles. The van der Waals surface area contributed by atoms with Crippen LogP contribution in [-0.4, -0.2) is 0 Å². The summed E-state index contributed by atoms with van der Waals surface area (Å²) in [5, 5.41) is 0. The zero-order valence-corrected chi connectivity index (χ0v) is 11.7. The summed E-state index contributed by atoms with van der Waals surface area (Å²) in [7, 11) is 0. The van der Waals surface area contributed by atoms with Crippen LogP contribution in [0.1, 0.15) is 60.3 Å². The van der Waals surface area contributed by atoms with Crippen molar-refractivity contribution >= 4 is 0 Å². The highest BCUT2D eigenvalue weighted by atomic mass is 14.5. The molecule has 92 valence electrons. The standard InChI is InChI=1S/C16H28/c1-11(2)13-7-6-12(3)14-8-9-16(4,5)10-15(13)14/h6,11,13-15H,7-10H2,1-5H3/t13-,14-,15-/m0/s1. The molecule has 0 amide bonds. The molecule has 0 nitrogen and oxygen atoms in total. The smallest absolute Gasteiger partial charge is 0.0174 e. The summed E-state index contributed by atoms with van der Waals surface area (Å²) in [6.45, 7) is 12.1. The number of hydrogen-bond donors (Lipinski definition) is 0. The quantitative estimate of drug-likeness (QED) is 0.542. The van der Waals surface area contributed by atoms with E-state index >= 15 is 0 Å². The average molecular weight is 220 g/mol. The van der Waals surface area contributed by atoms with Crippen molar-refractivity contribution < 1.29 is 0 Å². The van der Waals surface area contributed by atoms with E-state index in [4.69, 9.17) is 0 Å². The van der Waals surface area contributed by atoms with Gasteiger partial charge in [0.05, 0.1) is 0 Å². The average Bonchev–Trinajstić information content (AvgIpc) is 2.15. The van der Waals surface area contributed by atoms with Gasteiger partial charge in [0, 0.05) is 0 Å². The molecule has 1 saturated carbocycles. The van der Waals surface area contributed by atoms with E-state index in [2.05, 4.69) is 40.7 Å². The van der Waals surface area contributed by atoms with Crippen molar-refractivity contribution in [2.45, 2.75) is 60.3 Å². The van der Waals surface area contributed by atoms with Crippen LogP contribution in [0.15, 0.2) is 11.6 Å². The molecule has 3 atom stereocenters. The predicted molar refractivity (Wildman–Crippen MR) is 71.3 cm³/mol. The molecule has 0 aliphatic heterocycles. The molecule has 0 spiro atoms. The van der Waals surface area contributed by atoms with E-state index in [0.29, 0.717) is 5.41 Å². The third-order valence-electron chi connectivity index (χ3n) is 5.14. The van der Waals surface area contributed by atoms with Crippen LogP contribution in [0.2, 0.25) is 0 Å². The Kier molecular flexibility index (Phi) is 3.20. The fourth-order valence-corrected chi connectivity index (χ4v) is 4.07. The fraction of sp³-hybridized carbons (Fsp3) is 0.875. The Morgan fingerprint density at radius 2 is 2.00 bits per heavy atom. The van der Waals surface area contributed by atoms with Gasteiger partial charge in [-0.3, -0.25) is 0 Å². The Bertz CT molecular complexity index is 282. The topological polar surface area (TPSA) is 0 Å². The molecule has 0 radical (unpaired) electrons. The fourth-order valence-electron chi connectivity index (χ4n) is 4.07. The maximum atomic E-state index is 2.53. The van der Waals surface area contributed by atoms with Crippen LogP contribution in [0.5, 0.6) is 0 Å².